The molecule has 0 aromatic rings. The molecule has 0 radical (unpaired) electrons. The summed E-state index contributed by atoms with van der Waals surface area (Å²) in [6, 6.07) is 0.322. The lowest BCUT2D eigenvalue weighted by Gasteiger charge is -2.54. The number of aliphatic imine (C=N–C) groups is 1. The van der Waals surface area contributed by atoms with Crippen LogP contribution < -0.4 is 10.6 Å². The van der Waals surface area contributed by atoms with Gasteiger partial charge >= 0.3 is 0 Å². The van der Waals surface area contributed by atoms with Crippen molar-refractivity contribution in [3.63, 3.8) is 0 Å². The molecule has 0 aromatic heterocycles. The number of allylic oxidation sites excluding steroid dienone is 2. The second-order valence-electron chi connectivity index (χ2n) is 9.51. The molecule has 4 fully saturated rings. The highest BCUT2D eigenvalue weighted by atomic mass is 16.5. The number of carbonyl (C=O) groups excluding carboxylic acids is 2. The molecule has 2 saturated carbocycles. The lowest BCUT2D eigenvalue weighted by molar-refractivity contribution is -0.140. The van der Waals surface area contributed by atoms with Crippen LogP contribution in [0.15, 0.2) is 17.1 Å². The van der Waals surface area contributed by atoms with Gasteiger partial charge in [-0.15, -0.1) is 0 Å². The van der Waals surface area contributed by atoms with E-state index in [0.717, 1.165) is 25.4 Å². The van der Waals surface area contributed by atoms with Crippen LogP contribution in [-0.4, -0.2) is 61.6 Å². The number of fused-ring (bicyclic) bond motifs is 6. The van der Waals surface area contributed by atoms with Gasteiger partial charge in [-0.25, -0.2) is 0 Å². The first-order valence-corrected chi connectivity index (χ1v) is 10.6. The molecule has 2 aliphatic heterocycles. The normalized spacial score (nSPS) is 42.6. The molecule has 2 bridgehead atoms. The molecule has 5 rings (SSSR count). The highest BCUT2D eigenvalue weighted by molar-refractivity contribution is 6.06. The topological polar surface area (TPSA) is 83.0 Å². The van der Waals surface area contributed by atoms with Crippen LogP contribution in [-0.2, 0) is 14.3 Å². The Balaban J connectivity index is 1.16. The zero-order valence-electron chi connectivity index (χ0n) is 16.9. The molecule has 7 atom stereocenters. The van der Waals surface area contributed by atoms with E-state index in [4.69, 9.17) is 4.74 Å². The van der Waals surface area contributed by atoms with Crippen molar-refractivity contribution in [1.29, 1.82) is 0 Å². The van der Waals surface area contributed by atoms with Crippen LogP contribution in [0.25, 0.3) is 0 Å². The smallest absolute Gasteiger partial charge is 0.233 e. The summed E-state index contributed by atoms with van der Waals surface area (Å²) in [4.78, 5) is 31.3. The van der Waals surface area contributed by atoms with E-state index in [-0.39, 0.29) is 40.9 Å². The second-order valence-corrected chi connectivity index (χ2v) is 9.51. The van der Waals surface area contributed by atoms with Gasteiger partial charge in [0.1, 0.15) is 0 Å². The Hall–Kier alpha value is -1.89. The van der Waals surface area contributed by atoms with Gasteiger partial charge in [0.05, 0.1) is 17.9 Å². The maximum Gasteiger partial charge on any atom is 0.233 e. The number of carbonyl (C=O) groups is 2. The van der Waals surface area contributed by atoms with Gasteiger partial charge in [0.2, 0.25) is 11.8 Å². The first-order chi connectivity index (χ1) is 13.4. The minimum atomic E-state index is -0.116. The number of nitrogens with one attached hydrogen (secondary N) is 2. The summed E-state index contributed by atoms with van der Waals surface area (Å²) < 4.78 is 5.86. The molecule has 7 unspecified atom stereocenters. The number of rotatable bonds is 4. The van der Waals surface area contributed by atoms with Crippen LogP contribution in [0, 0.1) is 35.0 Å². The lowest BCUT2D eigenvalue weighted by atomic mass is 9.57. The van der Waals surface area contributed by atoms with Crippen molar-refractivity contribution < 1.29 is 14.3 Å². The molecular formula is C21H30N4O3. The van der Waals surface area contributed by atoms with Gasteiger partial charge in [-0.05, 0) is 24.7 Å². The zero-order valence-corrected chi connectivity index (χ0v) is 16.9. The predicted molar refractivity (Wildman–Crippen MR) is 104 cm³/mol. The fourth-order valence-corrected chi connectivity index (χ4v) is 6.43. The van der Waals surface area contributed by atoms with Gasteiger partial charge in [0, 0.05) is 44.1 Å². The van der Waals surface area contributed by atoms with Crippen molar-refractivity contribution >= 4 is 17.8 Å². The van der Waals surface area contributed by atoms with Gasteiger partial charge < -0.3 is 15.4 Å². The summed E-state index contributed by atoms with van der Waals surface area (Å²) in [5.41, 5.74) is 0.0728. The molecule has 0 aromatic carbocycles. The Morgan fingerprint density at radius 1 is 1.25 bits per heavy atom. The summed E-state index contributed by atoms with van der Waals surface area (Å²) in [5, 5.41) is 6.83. The quantitative estimate of drug-likeness (QED) is 0.323. The fraction of sp³-hybridized carbons (Fsp3) is 0.762. The molecule has 2 amide bonds. The van der Waals surface area contributed by atoms with Crippen molar-refractivity contribution in [2.24, 2.45) is 40.0 Å². The fourth-order valence-electron chi connectivity index (χ4n) is 6.43. The summed E-state index contributed by atoms with van der Waals surface area (Å²) in [5.74, 6) is 1.58. The minimum Gasteiger partial charge on any atom is -0.377 e. The van der Waals surface area contributed by atoms with Gasteiger partial charge in [-0.2, -0.15) is 0 Å². The van der Waals surface area contributed by atoms with Crippen molar-refractivity contribution in [3.8, 4) is 0 Å². The highest BCUT2D eigenvalue weighted by Crippen LogP contribution is 2.53. The zero-order chi connectivity index (χ0) is 19.6. The van der Waals surface area contributed by atoms with Gasteiger partial charge in [-0.3, -0.25) is 19.5 Å². The Bertz CT molecular complexity index is 731. The molecule has 3 aliphatic carbocycles. The Morgan fingerprint density at radius 3 is 2.57 bits per heavy atom. The van der Waals surface area contributed by atoms with Crippen LogP contribution in [0.5, 0.6) is 0 Å². The molecule has 2 saturated heterocycles. The third-order valence-electron chi connectivity index (χ3n) is 7.81. The minimum absolute atomic E-state index is 0.0164. The van der Waals surface area contributed by atoms with E-state index in [1.807, 2.05) is 0 Å². The number of guanidine groups is 1. The van der Waals surface area contributed by atoms with Crippen LogP contribution in [0.1, 0.15) is 26.7 Å². The average Bonchev–Trinajstić information content (AvgIpc) is 3.43. The molecule has 7 nitrogen and oxygen atoms in total. The van der Waals surface area contributed by atoms with Crippen molar-refractivity contribution in [3.05, 3.63) is 12.2 Å². The van der Waals surface area contributed by atoms with Crippen LogP contribution >= 0.6 is 0 Å². The summed E-state index contributed by atoms with van der Waals surface area (Å²) in [6.45, 7) is 6.20. The predicted octanol–water partition coefficient (Wildman–Crippen LogP) is 0.772. The maximum atomic E-state index is 12.8. The monoisotopic (exact) mass is 386 g/mol. The number of likely N-dealkylation sites (tertiary alicyclic amines) is 1. The van der Waals surface area contributed by atoms with E-state index in [2.05, 4.69) is 41.6 Å². The van der Waals surface area contributed by atoms with Gasteiger partial charge in [0.25, 0.3) is 0 Å². The number of ether oxygens (including phenoxy) is 1. The van der Waals surface area contributed by atoms with E-state index < -0.39 is 0 Å². The van der Waals surface area contributed by atoms with Crippen molar-refractivity contribution in [1.82, 2.24) is 15.5 Å². The molecule has 2 heterocycles. The molecule has 0 spiro atoms. The number of imide groups is 1. The van der Waals surface area contributed by atoms with Crippen LogP contribution in [0.3, 0.4) is 0 Å². The number of hydrogen-bond donors (Lipinski definition) is 2. The molecule has 28 heavy (non-hydrogen) atoms. The summed E-state index contributed by atoms with van der Waals surface area (Å²) in [7, 11) is 1.75. The van der Waals surface area contributed by atoms with Gasteiger partial charge in [0.15, 0.2) is 5.96 Å². The van der Waals surface area contributed by atoms with Crippen molar-refractivity contribution in [2.75, 3.05) is 26.7 Å². The molecule has 2 N–H and O–H groups in total. The first kappa shape index (κ1) is 18.2. The maximum absolute atomic E-state index is 12.8. The third kappa shape index (κ3) is 2.41. The molecule has 7 heteroatoms. The average molecular weight is 386 g/mol. The third-order valence-corrected chi connectivity index (χ3v) is 7.81. The van der Waals surface area contributed by atoms with Crippen molar-refractivity contribution in [2.45, 2.75) is 38.8 Å². The summed E-state index contributed by atoms with van der Waals surface area (Å²) >= 11 is 0. The van der Waals surface area contributed by atoms with Crippen LogP contribution in [0.4, 0.5) is 0 Å². The SMILES string of the molecule is CN=C(NCCN1C(=O)C2C3C=CC(C3)C2C1=O)NC1C2CCOC2C1(C)C. The van der Waals surface area contributed by atoms with E-state index in [9.17, 15) is 9.59 Å². The van der Waals surface area contributed by atoms with E-state index in [1.165, 1.54) is 4.90 Å². The Labute approximate surface area is 166 Å². The number of hydrogen-bond acceptors (Lipinski definition) is 4. The Kier molecular flexibility index (Phi) is 4.09. The number of nitrogens with zero attached hydrogens (tertiary/aromatic N) is 2. The first-order valence-electron chi connectivity index (χ1n) is 10.6. The Morgan fingerprint density at radius 2 is 1.93 bits per heavy atom. The second kappa shape index (κ2) is 6.31. The van der Waals surface area contributed by atoms with Gasteiger partial charge in [-0.1, -0.05) is 26.0 Å². The molecule has 5 aliphatic rings. The van der Waals surface area contributed by atoms with E-state index in [0.29, 0.717) is 31.2 Å². The molecular weight excluding hydrogens is 356 g/mol. The largest absolute Gasteiger partial charge is 0.377 e. The summed E-state index contributed by atoms with van der Waals surface area (Å²) in [6.07, 6.45) is 6.64. The highest BCUT2D eigenvalue weighted by Gasteiger charge is 2.60. The standard InChI is InChI=1S/C21H30N4O3/c1-21(2)16(13-6-9-28-17(13)21)24-20(22-3)23-7-8-25-18(26)14-11-4-5-12(10-11)15(14)19(25)27/h4-5,11-17H,6-10H2,1-3H3,(H2,22,23,24). The lowest BCUT2D eigenvalue weighted by Crippen LogP contribution is -2.68. The van der Waals surface area contributed by atoms with Crippen LogP contribution in [0.2, 0.25) is 0 Å². The molecule has 152 valence electrons. The van der Waals surface area contributed by atoms with E-state index in [1.54, 1.807) is 7.05 Å². The number of amides is 2. The van der Waals surface area contributed by atoms with E-state index >= 15 is 0 Å².